The Morgan fingerprint density at radius 2 is 2.07 bits per heavy atom. The van der Waals surface area contributed by atoms with E-state index < -0.39 is 12.6 Å². The van der Waals surface area contributed by atoms with Crippen molar-refractivity contribution in [1.82, 2.24) is 4.98 Å². The molecular weight excluding hydrogens is 378 g/mol. The zero-order valence-electron chi connectivity index (χ0n) is 16.1. The maximum absolute atomic E-state index is 11.8. The number of rotatable bonds is 5. The third-order valence-electron chi connectivity index (χ3n) is 4.61. The van der Waals surface area contributed by atoms with Crippen LogP contribution < -0.4 is 0 Å². The van der Waals surface area contributed by atoms with Gasteiger partial charge in [-0.15, -0.1) is 0 Å². The van der Waals surface area contributed by atoms with Crippen molar-refractivity contribution in [3.05, 3.63) is 47.7 Å². The molecule has 0 saturated heterocycles. The van der Waals surface area contributed by atoms with Gasteiger partial charge in [0.25, 0.3) is 0 Å². The molecular formula is C21H23NO5S. The number of benzene rings is 1. The topological polar surface area (TPSA) is 85.7 Å². The average Bonchev–Trinajstić information content (AvgIpc) is 2.67. The highest BCUT2D eigenvalue weighted by Crippen LogP contribution is 2.46. The molecule has 2 aromatic rings. The van der Waals surface area contributed by atoms with Crippen molar-refractivity contribution in [3.63, 3.8) is 0 Å². The van der Waals surface area contributed by atoms with Crippen LogP contribution in [0.25, 0.3) is 11.3 Å². The van der Waals surface area contributed by atoms with Crippen LogP contribution in [0.15, 0.2) is 41.4 Å². The number of fused-ring (bicyclic) bond motifs is 1. The second-order valence-electron chi connectivity index (χ2n) is 7.15. The van der Waals surface area contributed by atoms with E-state index in [1.54, 1.807) is 13.0 Å². The number of aliphatic hydroxyl groups excluding tert-OH is 1. The maximum atomic E-state index is 11.8. The van der Waals surface area contributed by atoms with Crippen molar-refractivity contribution in [2.75, 3.05) is 13.2 Å². The highest BCUT2D eigenvalue weighted by Gasteiger charge is 2.35. The van der Waals surface area contributed by atoms with Gasteiger partial charge in [-0.05, 0) is 42.2 Å². The minimum Gasteiger partial charge on any atom is -0.462 e. The monoisotopic (exact) mass is 401 g/mol. The molecule has 28 heavy (non-hydrogen) atoms. The third kappa shape index (κ3) is 4.36. The Morgan fingerprint density at radius 3 is 2.71 bits per heavy atom. The van der Waals surface area contributed by atoms with Crippen molar-refractivity contribution in [2.24, 2.45) is 0 Å². The number of aliphatic hydroxyl groups is 1. The van der Waals surface area contributed by atoms with E-state index in [-0.39, 0.29) is 16.8 Å². The van der Waals surface area contributed by atoms with E-state index in [0.29, 0.717) is 18.6 Å². The minimum atomic E-state index is -0.614. The van der Waals surface area contributed by atoms with Gasteiger partial charge in [0.2, 0.25) is 0 Å². The van der Waals surface area contributed by atoms with Crippen LogP contribution in [-0.2, 0) is 19.7 Å². The smallest absolute Gasteiger partial charge is 0.339 e. The predicted molar refractivity (Wildman–Crippen MR) is 106 cm³/mol. The normalized spacial score (nSPS) is 17.5. The van der Waals surface area contributed by atoms with Gasteiger partial charge in [-0.25, -0.2) is 9.59 Å². The summed E-state index contributed by atoms with van der Waals surface area (Å²) in [7, 11) is 0. The number of aromatic nitrogens is 1. The van der Waals surface area contributed by atoms with Crippen molar-refractivity contribution in [1.29, 1.82) is 0 Å². The summed E-state index contributed by atoms with van der Waals surface area (Å²) in [4.78, 5) is 28.7. The maximum Gasteiger partial charge on any atom is 0.339 e. The molecule has 148 valence electrons. The van der Waals surface area contributed by atoms with Gasteiger partial charge in [-0.2, -0.15) is 0 Å². The number of ether oxygens (including phenoxy) is 2. The number of carbonyl (C=O) groups is 2. The van der Waals surface area contributed by atoms with Gasteiger partial charge < -0.3 is 14.6 Å². The summed E-state index contributed by atoms with van der Waals surface area (Å²) >= 11 is 1.48. The van der Waals surface area contributed by atoms with Gasteiger partial charge in [0.05, 0.1) is 17.9 Å². The molecule has 1 aromatic heterocycles. The molecule has 0 amide bonds. The summed E-state index contributed by atoms with van der Waals surface area (Å²) in [5.41, 5.74) is 2.77. The number of nitrogens with zero attached hydrogens (tertiary/aromatic N) is 1. The van der Waals surface area contributed by atoms with E-state index in [0.717, 1.165) is 21.7 Å². The average molecular weight is 401 g/mol. The Hall–Kier alpha value is -2.38. The van der Waals surface area contributed by atoms with Crippen LogP contribution in [0, 0.1) is 0 Å². The fourth-order valence-corrected chi connectivity index (χ4v) is 4.73. The van der Waals surface area contributed by atoms with Crippen LogP contribution in [0.4, 0.5) is 0 Å². The van der Waals surface area contributed by atoms with Crippen LogP contribution in [0.5, 0.6) is 0 Å². The molecule has 1 aromatic carbocycles. The molecule has 0 radical (unpaired) electrons. The second-order valence-corrected chi connectivity index (χ2v) is 8.35. The van der Waals surface area contributed by atoms with E-state index in [2.05, 4.69) is 24.9 Å². The Bertz CT molecular complexity index is 879. The zero-order valence-corrected chi connectivity index (χ0v) is 16.9. The number of hydrogen-bond donors (Lipinski definition) is 1. The van der Waals surface area contributed by atoms with Gasteiger partial charge >= 0.3 is 11.9 Å². The number of thioether (sulfide) groups is 1. The summed E-state index contributed by atoms with van der Waals surface area (Å²) < 4.78 is 10.3. The summed E-state index contributed by atoms with van der Waals surface area (Å²) in [5.74, 6) is -0.993. The number of pyridine rings is 1. The van der Waals surface area contributed by atoms with Gasteiger partial charge in [-0.3, -0.25) is 4.98 Å². The number of esters is 2. The van der Waals surface area contributed by atoms with Crippen molar-refractivity contribution in [2.45, 2.75) is 42.9 Å². The first-order valence-electron chi connectivity index (χ1n) is 9.09. The van der Waals surface area contributed by atoms with Gasteiger partial charge in [0.1, 0.15) is 6.61 Å². The van der Waals surface area contributed by atoms with Crippen LogP contribution in [0.2, 0.25) is 0 Å². The van der Waals surface area contributed by atoms with E-state index in [1.807, 2.05) is 18.2 Å². The molecule has 0 saturated carbocycles. The lowest BCUT2D eigenvalue weighted by atomic mass is 9.80. The zero-order chi connectivity index (χ0) is 20.3. The van der Waals surface area contributed by atoms with E-state index >= 15 is 0 Å². The fourth-order valence-electron chi connectivity index (χ4n) is 3.18. The standard InChI is InChI=1S/C21H23NO5S/c1-4-26-20(25)14-5-7-16(22-11-14)13-6-8-17-15(9-13)21(2,3)10-19(28-17)27-18(24)12-23/h5-9,11,19,23H,4,10,12H2,1-3H3. The Balaban J connectivity index is 1.85. The van der Waals surface area contributed by atoms with Crippen molar-refractivity contribution >= 4 is 23.7 Å². The molecule has 1 aliphatic heterocycles. The van der Waals surface area contributed by atoms with Crippen LogP contribution in [0.3, 0.4) is 0 Å². The molecule has 1 atom stereocenters. The predicted octanol–water partition coefficient (Wildman–Crippen LogP) is 3.56. The second kappa shape index (κ2) is 8.32. The van der Waals surface area contributed by atoms with Crippen molar-refractivity contribution < 1.29 is 24.2 Å². The van der Waals surface area contributed by atoms with Crippen LogP contribution in [0.1, 0.15) is 43.1 Å². The Kier molecular flexibility index (Phi) is 6.05. The molecule has 1 N–H and O–H groups in total. The highest BCUT2D eigenvalue weighted by molar-refractivity contribution is 7.99. The molecule has 0 aliphatic carbocycles. The Labute approximate surface area is 168 Å². The fraction of sp³-hybridized carbons (Fsp3) is 0.381. The molecule has 1 unspecified atom stereocenters. The molecule has 0 fully saturated rings. The first kappa shape index (κ1) is 20.4. The molecule has 1 aliphatic rings. The largest absolute Gasteiger partial charge is 0.462 e. The van der Waals surface area contributed by atoms with E-state index in [1.165, 1.54) is 18.0 Å². The number of carbonyl (C=O) groups excluding carboxylic acids is 2. The van der Waals surface area contributed by atoms with Crippen molar-refractivity contribution in [3.8, 4) is 11.3 Å². The van der Waals surface area contributed by atoms with Gasteiger partial charge in [-0.1, -0.05) is 31.7 Å². The summed E-state index contributed by atoms with van der Waals surface area (Å²) in [6.07, 6.45) is 2.17. The molecule has 7 heteroatoms. The van der Waals surface area contributed by atoms with Gasteiger partial charge in [0.15, 0.2) is 5.44 Å². The first-order chi connectivity index (χ1) is 13.3. The minimum absolute atomic E-state index is 0.206. The molecule has 3 rings (SSSR count). The lowest BCUT2D eigenvalue weighted by Crippen LogP contribution is -2.31. The summed E-state index contributed by atoms with van der Waals surface area (Å²) in [6.45, 7) is 5.68. The molecule has 2 heterocycles. The van der Waals surface area contributed by atoms with Crippen LogP contribution >= 0.6 is 11.8 Å². The lowest BCUT2D eigenvalue weighted by molar-refractivity contribution is -0.149. The SMILES string of the molecule is CCOC(=O)c1ccc(-c2ccc3c(c2)C(C)(C)CC(OC(=O)CO)S3)nc1. The highest BCUT2D eigenvalue weighted by atomic mass is 32.2. The Morgan fingerprint density at radius 1 is 1.29 bits per heavy atom. The first-order valence-corrected chi connectivity index (χ1v) is 9.97. The lowest BCUT2D eigenvalue weighted by Gasteiger charge is -2.36. The molecule has 0 bridgehead atoms. The third-order valence-corrected chi connectivity index (χ3v) is 5.74. The summed E-state index contributed by atoms with van der Waals surface area (Å²) in [5, 5.41) is 8.92. The summed E-state index contributed by atoms with van der Waals surface area (Å²) in [6, 6.07) is 9.58. The van der Waals surface area contributed by atoms with Gasteiger partial charge in [0, 0.05) is 23.1 Å². The molecule has 6 nitrogen and oxygen atoms in total. The molecule has 0 spiro atoms. The van der Waals surface area contributed by atoms with E-state index in [4.69, 9.17) is 14.6 Å². The van der Waals surface area contributed by atoms with E-state index in [9.17, 15) is 9.59 Å². The quantitative estimate of drug-likeness (QED) is 0.767. The number of hydrogen-bond acceptors (Lipinski definition) is 7. The van der Waals surface area contributed by atoms with Crippen LogP contribution in [-0.4, -0.2) is 40.7 Å².